The van der Waals surface area contributed by atoms with Gasteiger partial charge < -0.3 is 10.1 Å². The van der Waals surface area contributed by atoms with Gasteiger partial charge in [-0.05, 0) is 59.8 Å². The van der Waals surface area contributed by atoms with E-state index in [9.17, 15) is 14.0 Å². The molecule has 0 spiro atoms. The number of benzene rings is 2. The van der Waals surface area contributed by atoms with Crippen LogP contribution in [0.4, 0.5) is 4.39 Å². The summed E-state index contributed by atoms with van der Waals surface area (Å²) < 4.78 is 20.9. The first-order valence-electron chi connectivity index (χ1n) is 9.75. The number of nitrogens with zero attached hydrogens (tertiary/aromatic N) is 2. The number of fused-ring (bicyclic) bond motifs is 1. The molecule has 32 heavy (non-hydrogen) atoms. The minimum atomic E-state index is -0.348. The molecule has 2 heterocycles. The fourth-order valence-corrected chi connectivity index (χ4v) is 4.71. The summed E-state index contributed by atoms with van der Waals surface area (Å²) in [5.74, 6) is 0.296. The topological polar surface area (TPSA) is 73.2 Å². The lowest BCUT2D eigenvalue weighted by Crippen LogP contribution is -2.26. The number of amides is 1. The number of hydrogen-bond acceptors (Lipinski definition) is 6. The molecular weight excluding hydrogens is 449 g/mol. The minimum absolute atomic E-state index is 0.0818. The van der Waals surface area contributed by atoms with Gasteiger partial charge in [0, 0.05) is 6.54 Å². The Morgan fingerprint density at radius 2 is 2.00 bits per heavy atom. The summed E-state index contributed by atoms with van der Waals surface area (Å²) >= 11 is 2.47. The van der Waals surface area contributed by atoms with E-state index in [-0.39, 0.29) is 23.0 Å². The molecule has 4 rings (SSSR count). The molecule has 4 aromatic rings. The van der Waals surface area contributed by atoms with Crippen molar-refractivity contribution in [1.82, 2.24) is 14.9 Å². The van der Waals surface area contributed by atoms with Crippen molar-refractivity contribution in [3.05, 3.63) is 81.2 Å². The van der Waals surface area contributed by atoms with E-state index < -0.39 is 0 Å². The molecule has 2 aromatic carbocycles. The molecule has 0 aliphatic rings. The van der Waals surface area contributed by atoms with Gasteiger partial charge in [-0.2, -0.15) is 0 Å². The lowest BCUT2D eigenvalue weighted by molar-refractivity contribution is -0.118. The fourth-order valence-electron chi connectivity index (χ4n) is 3.11. The van der Waals surface area contributed by atoms with Crippen LogP contribution in [-0.4, -0.2) is 28.3 Å². The summed E-state index contributed by atoms with van der Waals surface area (Å²) in [5, 5.41) is 5.05. The summed E-state index contributed by atoms with van der Waals surface area (Å²) in [4.78, 5) is 30.2. The Bertz CT molecular complexity index is 1330. The summed E-state index contributed by atoms with van der Waals surface area (Å²) in [6, 6.07) is 13.7. The zero-order valence-electron chi connectivity index (χ0n) is 17.4. The van der Waals surface area contributed by atoms with Crippen molar-refractivity contribution in [1.29, 1.82) is 0 Å². The standard InChI is InChI=1S/C23H20FN3O3S2/c1-14-11-16(5-8-18(14)24)27-22(29)21-19(9-10-31-21)26-23(27)32-13-20(28)25-12-15-3-6-17(30-2)7-4-15/h3-11H,12-13H2,1-2H3,(H,25,28). The quantitative estimate of drug-likeness (QED) is 0.323. The third kappa shape index (κ3) is 4.68. The number of thioether (sulfide) groups is 1. The number of ether oxygens (including phenoxy) is 1. The molecule has 6 nitrogen and oxygen atoms in total. The first kappa shape index (κ1) is 22.0. The number of thiophene rings is 1. The summed E-state index contributed by atoms with van der Waals surface area (Å²) in [6.45, 7) is 2.02. The van der Waals surface area contributed by atoms with Crippen LogP contribution in [0.1, 0.15) is 11.1 Å². The molecular formula is C23H20FN3O3S2. The van der Waals surface area contributed by atoms with Crippen LogP contribution >= 0.6 is 23.1 Å². The van der Waals surface area contributed by atoms with E-state index in [2.05, 4.69) is 10.3 Å². The second-order valence-electron chi connectivity index (χ2n) is 7.02. The highest BCUT2D eigenvalue weighted by molar-refractivity contribution is 7.99. The van der Waals surface area contributed by atoms with Crippen LogP contribution in [0, 0.1) is 12.7 Å². The number of halogens is 1. The van der Waals surface area contributed by atoms with Gasteiger partial charge >= 0.3 is 0 Å². The fraction of sp³-hybridized carbons (Fsp3) is 0.174. The third-order valence-electron chi connectivity index (χ3n) is 4.83. The average Bonchev–Trinajstić information content (AvgIpc) is 3.28. The predicted octanol–water partition coefficient (Wildman–Crippen LogP) is 4.31. The van der Waals surface area contributed by atoms with Crippen molar-refractivity contribution >= 4 is 39.2 Å². The number of aryl methyl sites for hydroxylation is 1. The molecule has 0 radical (unpaired) electrons. The summed E-state index contributed by atoms with van der Waals surface area (Å²) in [5.41, 5.74) is 2.22. The molecule has 0 aliphatic heterocycles. The largest absolute Gasteiger partial charge is 0.497 e. The molecule has 1 N–H and O–H groups in total. The van der Waals surface area contributed by atoms with E-state index in [1.807, 2.05) is 24.3 Å². The van der Waals surface area contributed by atoms with Gasteiger partial charge in [-0.1, -0.05) is 23.9 Å². The molecule has 0 fully saturated rings. The molecule has 164 valence electrons. The Kier molecular flexibility index (Phi) is 6.57. The number of aromatic nitrogens is 2. The van der Waals surface area contributed by atoms with Crippen molar-refractivity contribution in [2.75, 3.05) is 12.9 Å². The van der Waals surface area contributed by atoms with Crippen LogP contribution in [0.15, 0.2) is 63.9 Å². The molecule has 0 atom stereocenters. The monoisotopic (exact) mass is 469 g/mol. The predicted molar refractivity (Wildman–Crippen MR) is 125 cm³/mol. The molecule has 2 aromatic heterocycles. The van der Waals surface area contributed by atoms with E-state index in [1.165, 1.54) is 22.0 Å². The Hall–Kier alpha value is -3.17. The molecule has 0 saturated heterocycles. The average molecular weight is 470 g/mol. The zero-order chi connectivity index (χ0) is 22.7. The maximum Gasteiger partial charge on any atom is 0.276 e. The van der Waals surface area contributed by atoms with E-state index >= 15 is 0 Å². The number of rotatable bonds is 7. The van der Waals surface area contributed by atoms with Crippen molar-refractivity contribution < 1.29 is 13.9 Å². The minimum Gasteiger partial charge on any atom is -0.497 e. The SMILES string of the molecule is COc1ccc(CNC(=O)CSc2nc3ccsc3c(=O)n2-c2ccc(F)c(C)c2)cc1. The number of hydrogen-bond donors (Lipinski definition) is 1. The molecule has 9 heteroatoms. The smallest absolute Gasteiger partial charge is 0.276 e. The van der Waals surface area contributed by atoms with Crippen LogP contribution in [0.25, 0.3) is 15.9 Å². The highest BCUT2D eigenvalue weighted by Crippen LogP contribution is 2.24. The van der Waals surface area contributed by atoms with Gasteiger partial charge in [-0.25, -0.2) is 9.37 Å². The van der Waals surface area contributed by atoms with Crippen LogP contribution in [-0.2, 0) is 11.3 Å². The number of carbonyl (C=O) groups is 1. The van der Waals surface area contributed by atoms with Crippen molar-refractivity contribution in [3.8, 4) is 11.4 Å². The molecule has 0 saturated carbocycles. The highest BCUT2D eigenvalue weighted by Gasteiger charge is 2.16. The van der Waals surface area contributed by atoms with Gasteiger partial charge in [-0.15, -0.1) is 11.3 Å². The van der Waals surface area contributed by atoms with Crippen LogP contribution in [0.2, 0.25) is 0 Å². The first-order chi connectivity index (χ1) is 15.5. The van der Waals surface area contributed by atoms with E-state index in [0.717, 1.165) is 23.1 Å². The van der Waals surface area contributed by atoms with Crippen molar-refractivity contribution in [2.45, 2.75) is 18.6 Å². The number of carbonyl (C=O) groups excluding carboxylic acids is 1. The van der Waals surface area contributed by atoms with E-state index in [0.29, 0.717) is 33.2 Å². The second-order valence-corrected chi connectivity index (χ2v) is 8.88. The van der Waals surface area contributed by atoms with Gasteiger partial charge in [0.1, 0.15) is 16.3 Å². The molecule has 1 amide bonds. The lowest BCUT2D eigenvalue weighted by atomic mass is 10.2. The van der Waals surface area contributed by atoms with Gasteiger partial charge in [0.2, 0.25) is 5.91 Å². The Morgan fingerprint density at radius 3 is 2.72 bits per heavy atom. The van der Waals surface area contributed by atoms with E-state index in [4.69, 9.17) is 4.74 Å². The lowest BCUT2D eigenvalue weighted by Gasteiger charge is -2.13. The summed E-state index contributed by atoms with van der Waals surface area (Å²) in [7, 11) is 1.60. The van der Waals surface area contributed by atoms with E-state index in [1.54, 1.807) is 37.6 Å². The number of nitrogens with one attached hydrogen (secondary N) is 1. The van der Waals surface area contributed by atoms with Crippen LogP contribution < -0.4 is 15.6 Å². The van der Waals surface area contributed by atoms with Gasteiger partial charge in [0.15, 0.2) is 5.16 Å². The van der Waals surface area contributed by atoms with Gasteiger partial charge in [0.25, 0.3) is 5.56 Å². The normalized spacial score (nSPS) is 11.0. The second kappa shape index (κ2) is 9.54. The Labute approximate surface area is 192 Å². The zero-order valence-corrected chi connectivity index (χ0v) is 19.1. The Morgan fingerprint density at radius 1 is 1.22 bits per heavy atom. The maximum atomic E-state index is 13.8. The van der Waals surface area contributed by atoms with Crippen molar-refractivity contribution in [3.63, 3.8) is 0 Å². The summed E-state index contributed by atoms with van der Waals surface area (Å²) in [6.07, 6.45) is 0. The van der Waals surface area contributed by atoms with Crippen LogP contribution in [0.3, 0.4) is 0 Å². The molecule has 0 unspecified atom stereocenters. The number of methoxy groups -OCH3 is 1. The van der Waals surface area contributed by atoms with Gasteiger partial charge in [-0.3, -0.25) is 14.2 Å². The van der Waals surface area contributed by atoms with Crippen LogP contribution in [0.5, 0.6) is 5.75 Å². The third-order valence-corrected chi connectivity index (χ3v) is 6.66. The van der Waals surface area contributed by atoms with Gasteiger partial charge in [0.05, 0.1) is 24.1 Å². The first-order valence-corrected chi connectivity index (χ1v) is 11.6. The molecule has 0 bridgehead atoms. The van der Waals surface area contributed by atoms with Crippen molar-refractivity contribution in [2.24, 2.45) is 0 Å². The highest BCUT2D eigenvalue weighted by atomic mass is 32.2. The maximum absolute atomic E-state index is 13.8. The molecule has 0 aliphatic carbocycles. The Balaban J connectivity index is 1.54.